The maximum atomic E-state index is 12.4. The van der Waals surface area contributed by atoms with Crippen LogP contribution in [0.15, 0.2) is 55.0 Å². The van der Waals surface area contributed by atoms with E-state index in [1.165, 1.54) is 12.4 Å². The Morgan fingerprint density at radius 1 is 1.07 bits per heavy atom. The van der Waals surface area contributed by atoms with Gasteiger partial charge in [-0.05, 0) is 44.2 Å². The minimum Gasteiger partial charge on any atom is -0.352 e. The Morgan fingerprint density at radius 2 is 1.90 bits per heavy atom. The van der Waals surface area contributed by atoms with E-state index in [1.807, 2.05) is 31.2 Å². The second-order valence-corrected chi connectivity index (χ2v) is 6.51. The van der Waals surface area contributed by atoms with E-state index in [0.717, 1.165) is 11.3 Å². The number of benzene rings is 1. The summed E-state index contributed by atoms with van der Waals surface area (Å²) in [6, 6.07) is 10.2. The van der Waals surface area contributed by atoms with Crippen LogP contribution in [0.5, 0.6) is 0 Å². The van der Waals surface area contributed by atoms with Crippen LogP contribution >= 0.6 is 0 Å². The standard InChI is InChI=1S/C21H23N7O2/c1-14-24-9-6-19(26-14)15-4-2-5-17(10-15)27-21(30)28-18-11-16(12-23-13-18)20(29)25-8-3-7-22/h2,4-6,9-13H,3,7-8,22H2,1H3,(H,25,29)(H2,27,28,30). The average molecular weight is 405 g/mol. The molecule has 0 aliphatic heterocycles. The van der Waals surface area contributed by atoms with E-state index < -0.39 is 6.03 Å². The molecular weight excluding hydrogens is 382 g/mol. The molecule has 0 unspecified atom stereocenters. The van der Waals surface area contributed by atoms with Crippen LogP contribution in [0.25, 0.3) is 11.3 Å². The lowest BCUT2D eigenvalue weighted by atomic mass is 10.1. The van der Waals surface area contributed by atoms with Crippen LogP contribution in [0.4, 0.5) is 16.2 Å². The average Bonchev–Trinajstić information content (AvgIpc) is 2.74. The number of carbonyl (C=O) groups is 2. The zero-order valence-electron chi connectivity index (χ0n) is 16.6. The molecule has 3 aromatic rings. The van der Waals surface area contributed by atoms with E-state index in [9.17, 15) is 9.59 Å². The Kier molecular flexibility index (Phi) is 7.01. The molecule has 0 aliphatic rings. The van der Waals surface area contributed by atoms with Crippen molar-refractivity contribution in [2.45, 2.75) is 13.3 Å². The van der Waals surface area contributed by atoms with E-state index in [4.69, 9.17) is 5.73 Å². The molecule has 0 atom stereocenters. The number of hydrogen-bond acceptors (Lipinski definition) is 6. The van der Waals surface area contributed by atoms with Crippen molar-refractivity contribution in [3.63, 3.8) is 0 Å². The summed E-state index contributed by atoms with van der Waals surface area (Å²) in [5.74, 6) is 0.399. The third-order valence-corrected chi connectivity index (χ3v) is 4.12. The first-order chi connectivity index (χ1) is 14.5. The van der Waals surface area contributed by atoms with E-state index in [2.05, 4.69) is 30.9 Å². The van der Waals surface area contributed by atoms with Crippen molar-refractivity contribution in [1.82, 2.24) is 20.3 Å². The summed E-state index contributed by atoms with van der Waals surface area (Å²) in [4.78, 5) is 37.0. The van der Waals surface area contributed by atoms with Crippen LogP contribution in [0.1, 0.15) is 22.6 Å². The quantitative estimate of drug-likeness (QED) is 0.446. The summed E-state index contributed by atoms with van der Waals surface area (Å²) >= 11 is 0. The number of aryl methyl sites for hydroxylation is 1. The first-order valence-corrected chi connectivity index (χ1v) is 9.46. The van der Waals surface area contributed by atoms with Gasteiger partial charge >= 0.3 is 6.03 Å². The fourth-order valence-electron chi connectivity index (χ4n) is 2.71. The molecule has 0 fully saturated rings. The van der Waals surface area contributed by atoms with Gasteiger partial charge in [-0.1, -0.05) is 12.1 Å². The highest BCUT2D eigenvalue weighted by Gasteiger charge is 2.09. The Morgan fingerprint density at radius 3 is 2.70 bits per heavy atom. The summed E-state index contributed by atoms with van der Waals surface area (Å²) in [5.41, 5.74) is 8.40. The number of rotatable bonds is 7. The third kappa shape index (κ3) is 5.82. The maximum Gasteiger partial charge on any atom is 0.323 e. The molecule has 0 bridgehead atoms. The lowest BCUT2D eigenvalue weighted by Crippen LogP contribution is -2.26. The summed E-state index contributed by atoms with van der Waals surface area (Å²) in [6.07, 6.45) is 5.29. The molecule has 0 saturated heterocycles. The van der Waals surface area contributed by atoms with Gasteiger partial charge < -0.3 is 21.7 Å². The second-order valence-electron chi connectivity index (χ2n) is 6.51. The fraction of sp³-hybridized carbons (Fsp3) is 0.190. The van der Waals surface area contributed by atoms with E-state index in [-0.39, 0.29) is 5.91 Å². The van der Waals surface area contributed by atoms with Gasteiger partial charge in [0.15, 0.2) is 0 Å². The lowest BCUT2D eigenvalue weighted by Gasteiger charge is -2.10. The van der Waals surface area contributed by atoms with Gasteiger partial charge in [-0.25, -0.2) is 14.8 Å². The van der Waals surface area contributed by atoms with Crippen molar-refractivity contribution in [2.75, 3.05) is 23.7 Å². The minimum absolute atomic E-state index is 0.271. The van der Waals surface area contributed by atoms with Gasteiger partial charge in [0, 0.05) is 30.2 Å². The molecular formula is C21H23N7O2. The van der Waals surface area contributed by atoms with Crippen molar-refractivity contribution in [3.05, 3.63) is 66.4 Å². The normalized spacial score (nSPS) is 10.3. The topological polar surface area (TPSA) is 135 Å². The first kappa shape index (κ1) is 20.9. The van der Waals surface area contributed by atoms with Gasteiger partial charge in [-0.15, -0.1) is 0 Å². The van der Waals surface area contributed by atoms with E-state index >= 15 is 0 Å². The van der Waals surface area contributed by atoms with E-state index in [0.29, 0.717) is 42.3 Å². The molecule has 0 spiro atoms. The van der Waals surface area contributed by atoms with Gasteiger partial charge in [-0.2, -0.15) is 0 Å². The van der Waals surface area contributed by atoms with Crippen molar-refractivity contribution in [1.29, 1.82) is 0 Å². The predicted octanol–water partition coefficient (Wildman–Crippen LogP) is 2.57. The van der Waals surface area contributed by atoms with Gasteiger partial charge in [0.2, 0.25) is 0 Å². The van der Waals surface area contributed by atoms with Crippen LogP contribution < -0.4 is 21.7 Å². The maximum absolute atomic E-state index is 12.4. The minimum atomic E-state index is -0.450. The number of hydrogen-bond donors (Lipinski definition) is 4. The summed E-state index contributed by atoms with van der Waals surface area (Å²) < 4.78 is 0. The number of carbonyl (C=O) groups excluding carboxylic acids is 2. The summed E-state index contributed by atoms with van der Waals surface area (Å²) in [6.45, 7) is 2.80. The number of aromatic nitrogens is 3. The Labute approximate surface area is 174 Å². The molecule has 9 heteroatoms. The largest absolute Gasteiger partial charge is 0.352 e. The van der Waals surface area contributed by atoms with Crippen LogP contribution in [0, 0.1) is 6.92 Å². The van der Waals surface area contributed by atoms with Gasteiger partial charge in [0.05, 0.1) is 23.1 Å². The number of nitrogens with one attached hydrogen (secondary N) is 3. The molecule has 9 nitrogen and oxygen atoms in total. The van der Waals surface area contributed by atoms with Crippen LogP contribution in [-0.4, -0.2) is 40.0 Å². The van der Waals surface area contributed by atoms with Crippen LogP contribution in [-0.2, 0) is 0 Å². The van der Waals surface area contributed by atoms with Crippen molar-refractivity contribution in [2.24, 2.45) is 5.73 Å². The highest BCUT2D eigenvalue weighted by molar-refractivity contribution is 6.01. The number of amides is 3. The van der Waals surface area contributed by atoms with Crippen LogP contribution in [0.2, 0.25) is 0 Å². The molecule has 1 aromatic carbocycles. The molecule has 154 valence electrons. The highest BCUT2D eigenvalue weighted by atomic mass is 16.2. The van der Waals surface area contributed by atoms with Gasteiger partial charge in [-0.3, -0.25) is 9.78 Å². The Hall–Kier alpha value is -3.85. The zero-order valence-corrected chi connectivity index (χ0v) is 16.6. The number of pyridine rings is 1. The second kappa shape index (κ2) is 10.1. The monoisotopic (exact) mass is 405 g/mol. The predicted molar refractivity (Wildman–Crippen MR) is 115 cm³/mol. The van der Waals surface area contributed by atoms with Crippen LogP contribution in [0.3, 0.4) is 0 Å². The van der Waals surface area contributed by atoms with Gasteiger partial charge in [0.25, 0.3) is 5.91 Å². The van der Waals surface area contributed by atoms with Gasteiger partial charge in [0.1, 0.15) is 5.82 Å². The van der Waals surface area contributed by atoms with Crippen molar-refractivity contribution >= 4 is 23.3 Å². The Balaban J connectivity index is 1.64. The third-order valence-electron chi connectivity index (χ3n) is 4.12. The molecule has 0 radical (unpaired) electrons. The zero-order chi connectivity index (χ0) is 21.3. The highest BCUT2D eigenvalue weighted by Crippen LogP contribution is 2.21. The molecule has 30 heavy (non-hydrogen) atoms. The summed E-state index contributed by atoms with van der Waals surface area (Å²) in [5, 5.41) is 8.20. The number of anilines is 2. The smallest absolute Gasteiger partial charge is 0.323 e. The number of nitrogens with two attached hydrogens (primary N) is 1. The summed E-state index contributed by atoms with van der Waals surface area (Å²) in [7, 11) is 0. The van der Waals surface area contributed by atoms with Crippen molar-refractivity contribution < 1.29 is 9.59 Å². The Bertz CT molecular complexity index is 1040. The molecule has 2 heterocycles. The van der Waals surface area contributed by atoms with Crippen molar-refractivity contribution in [3.8, 4) is 11.3 Å². The number of nitrogens with zero attached hydrogens (tertiary/aromatic N) is 3. The SMILES string of the molecule is Cc1nccc(-c2cccc(NC(=O)Nc3cncc(C(=O)NCCCN)c3)c2)n1. The first-order valence-electron chi connectivity index (χ1n) is 9.46. The van der Waals surface area contributed by atoms with E-state index in [1.54, 1.807) is 18.3 Å². The molecule has 3 amide bonds. The molecule has 5 N–H and O–H groups in total. The lowest BCUT2D eigenvalue weighted by molar-refractivity contribution is 0.0953. The fourth-order valence-corrected chi connectivity index (χ4v) is 2.71. The molecule has 0 saturated carbocycles. The molecule has 3 rings (SSSR count). The molecule has 2 aromatic heterocycles. The molecule has 0 aliphatic carbocycles. The number of urea groups is 1.